The molecule has 0 fully saturated rings. The molecule has 0 amide bonds. The first-order valence-corrected chi connectivity index (χ1v) is 8.39. The van der Waals surface area contributed by atoms with Gasteiger partial charge < -0.3 is 14.2 Å². The van der Waals surface area contributed by atoms with Gasteiger partial charge in [-0.15, -0.1) is 0 Å². The highest BCUT2D eigenvalue weighted by Gasteiger charge is 1.99. The van der Waals surface area contributed by atoms with E-state index in [0.717, 1.165) is 22.8 Å². The lowest BCUT2D eigenvalue weighted by Gasteiger charge is -2.10. The van der Waals surface area contributed by atoms with Crippen LogP contribution in [0, 0.1) is 6.92 Å². The van der Waals surface area contributed by atoms with Crippen molar-refractivity contribution in [2.45, 2.75) is 13.5 Å². The maximum Gasteiger partial charge on any atom is 0.122 e. The Morgan fingerprint density at radius 1 is 0.560 bits per heavy atom. The third-order valence-electron chi connectivity index (χ3n) is 3.71. The van der Waals surface area contributed by atoms with Crippen LogP contribution in [0.1, 0.15) is 11.1 Å². The van der Waals surface area contributed by atoms with E-state index in [2.05, 4.69) is 6.92 Å². The van der Waals surface area contributed by atoms with Crippen LogP contribution in [-0.4, -0.2) is 13.2 Å². The van der Waals surface area contributed by atoms with E-state index in [0.29, 0.717) is 19.8 Å². The third-order valence-corrected chi connectivity index (χ3v) is 3.71. The van der Waals surface area contributed by atoms with Crippen molar-refractivity contribution in [3.63, 3.8) is 0 Å². The average Bonchev–Trinajstić information content (AvgIpc) is 2.67. The summed E-state index contributed by atoms with van der Waals surface area (Å²) < 4.78 is 17.1. The zero-order valence-corrected chi connectivity index (χ0v) is 14.4. The normalized spacial score (nSPS) is 10.3. The minimum absolute atomic E-state index is 0.498. The van der Waals surface area contributed by atoms with Gasteiger partial charge in [-0.3, -0.25) is 0 Å². The highest BCUT2D eigenvalue weighted by atomic mass is 16.5. The molecule has 0 heterocycles. The van der Waals surface area contributed by atoms with Crippen LogP contribution >= 0.6 is 0 Å². The standard InChI is InChI=1S/C22H22O3/c1-18-7-9-20(10-8-18)23-15-16-24-21-11-13-22(14-12-21)25-17-19-5-3-2-4-6-19/h2-14H,15-17H2,1H3. The van der Waals surface area contributed by atoms with Gasteiger partial charge in [0.1, 0.15) is 37.1 Å². The van der Waals surface area contributed by atoms with E-state index < -0.39 is 0 Å². The predicted octanol–water partition coefficient (Wildman–Crippen LogP) is 5.03. The Hall–Kier alpha value is -2.94. The fraction of sp³-hybridized carbons (Fsp3) is 0.182. The number of hydrogen-bond acceptors (Lipinski definition) is 3. The number of benzene rings is 3. The second kappa shape index (κ2) is 8.78. The van der Waals surface area contributed by atoms with Crippen molar-refractivity contribution >= 4 is 0 Å². The smallest absolute Gasteiger partial charge is 0.122 e. The maximum atomic E-state index is 5.76. The number of rotatable bonds is 8. The minimum atomic E-state index is 0.498. The molecule has 3 aromatic carbocycles. The van der Waals surface area contributed by atoms with Crippen molar-refractivity contribution in [2.24, 2.45) is 0 Å². The minimum Gasteiger partial charge on any atom is -0.490 e. The summed E-state index contributed by atoms with van der Waals surface area (Å²) in [5, 5.41) is 0. The average molecular weight is 334 g/mol. The fourth-order valence-electron chi connectivity index (χ4n) is 2.33. The Bertz CT molecular complexity index is 750. The van der Waals surface area contributed by atoms with Gasteiger partial charge in [0.05, 0.1) is 0 Å². The molecule has 0 saturated heterocycles. The number of hydrogen-bond donors (Lipinski definition) is 0. The Balaban J connectivity index is 1.39. The van der Waals surface area contributed by atoms with Crippen LogP contribution in [0.2, 0.25) is 0 Å². The van der Waals surface area contributed by atoms with Crippen LogP contribution in [-0.2, 0) is 6.61 Å². The Morgan fingerprint density at radius 2 is 1.04 bits per heavy atom. The highest BCUT2D eigenvalue weighted by molar-refractivity contribution is 5.31. The summed E-state index contributed by atoms with van der Waals surface area (Å²) in [6.07, 6.45) is 0. The van der Waals surface area contributed by atoms with Gasteiger partial charge in [-0.05, 0) is 48.9 Å². The SMILES string of the molecule is Cc1ccc(OCCOc2ccc(OCc3ccccc3)cc2)cc1. The summed E-state index contributed by atoms with van der Waals surface area (Å²) in [5.74, 6) is 2.49. The van der Waals surface area contributed by atoms with E-state index in [1.165, 1.54) is 5.56 Å². The summed E-state index contributed by atoms with van der Waals surface area (Å²) in [7, 11) is 0. The molecule has 0 bridgehead atoms. The van der Waals surface area contributed by atoms with Crippen molar-refractivity contribution in [3.8, 4) is 17.2 Å². The van der Waals surface area contributed by atoms with E-state index in [1.54, 1.807) is 0 Å². The quantitative estimate of drug-likeness (QED) is 0.541. The summed E-state index contributed by atoms with van der Waals surface area (Å²) in [6, 6.07) is 25.8. The Kier molecular flexibility index (Phi) is 5.94. The summed E-state index contributed by atoms with van der Waals surface area (Å²) in [5.41, 5.74) is 2.37. The third kappa shape index (κ3) is 5.57. The Morgan fingerprint density at radius 3 is 1.60 bits per heavy atom. The van der Waals surface area contributed by atoms with Gasteiger partial charge in [-0.2, -0.15) is 0 Å². The first kappa shape index (κ1) is 16.9. The molecule has 0 atom stereocenters. The molecule has 0 unspecified atom stereocenters. The lowest BCUT2D eigenvalue weighted by Crippen LogP contribution is -2.08. The Labute approximate surface area is 148 Å². The van der Waals surface area contributed by atoms with Gasteiger partial charge in [-0.25, -0.2) is 0 Å². The predicted molar refractivity (Wildman–Crippen MR) is 99.4 cm³/mol. The molecule has 128 valence electrons. The molecule has 0 aliphatic carbocycles. The molecule has 3 nitrogen and oxygen atoms in total. The van der Waals surface area contributed by atoms with E-state index in [9.17, 15) is 0 Å². The zero-order chi connectivity index (χ0) is 17.3. The summed E-state index contributed by atoms with van der Waals surface area (Å²) in [4.78, 5) is 0. The van der Waals surface area contributed by atoms with Crippen LogP contribution in [0.25, 0.3) is 0 Å². The molecular formula is C22H22O3. The molecule has 3 aromatic rings. The second-order valence-corrected chi connectivity index (χ2v) is 5.76. The zero-order valence-electron chi connectivity index (χ0n) is 14.4. The molecular weight excluding hydrogens is 312 g/mol. The monoisotopic (exact) mass is 334 g/mol. The summed E-state index contributed by atoms with van der Waals surface area (Å²) in [6.45, 7) is 3.62. The van der Waals surface area contributed by atoms with Crippen molar-refractivity contribution < 1.29 is 14.2 Å². The maximum absolute atomic E-state index is 5.76. The largest absolute Gasteiger partial charge is 0.490 e. The molecule has 3 rings (SSSR count). The first-order valence-electron chi connectivity index (χ1n) is 8.39. The van der Waals surface area contributed by atoms with E-state index in [4.69, 9.17) is 14.2 Å². The molecule has 0 aliphatic heterocycles. The molecule has 3 heteroatoms. The molecule has 25 heavy (non-hydrogen) atoms. The van der Waals surface area contributed by atoms with Gasteiger partial charge >= 0.3 is 0 Å². The van der Waals surface area contributed by atoms with E-state index in [-0.39, 0.29) is 0 Å². The molecule has 0 N–H and O–H groups in total. The number of aryl methyl sites for hydroxylation is 1. The number of ether oxygens (including phenoxy) is 3. The van der Waals surface area contributed by atoms with E-state index in [1.807, 2.05) is 78.9 Å². The fourth-order valence-corrected chi connectivity index (χ4v) is 2.33. The van der Waals surface area contributed by atoms with Crippen LogP contribution < -0.4 is 14.2 Å². The van der Waals surface area contributed by atoms with Gasteiger partial charge in [0, 0.05) is 0 Å². The summed E-state index contributed by atoms with van der Waals surface area (Å²) >= 11 is 0. The van der Waals surface area contributed by atoms with Gasteiger partial charge in [0.15, 0.2) is 0 Å². The highest BCUT2D eigenvalue weighted by Crippen LogP contribution is 2.19. The van der Waals surface area contributed by atoms with Crippen LogP contribution in [0.5, 0.6) is 17.2 Å². The van der Waals surface area contributed by atoms with Crippen molar-refractivity contribution in [1.29, 1.82) is 0 Å². The molecule has 0 spiro atoms. The van der Waals surface area contributed by atoms with Crippen LogP contribution in [0.3, 0.4) is 0 Å². The molecule has 0 aliphatic rings. The topological polar surface area (TPSA) is 27.7 Å². The van der Waals surface area contributed by atoms with E-state index >= 15 is 0 Å². The van der Waals surface area contributed by atoms with Crippen molar-refractivity contribution in [1.82, 2.24) is 0 Å². The molecule has 0 radical (unpaired) electrons. The lowest BCUT2D eigenvalue weighted by molar-refractivity contribution is 0.217. The van der Waals surface area contributed by atoms with Gasteiger partial charge in [0.25, 0.3) is 0 Å². The lowest BCUT2D eigenvalue weighted by atomic mass is 10.2. The van der Waals surface area contributed by atoms with Crippen LogP contribution in [0.15, 0.2) is 78.9 Å². The van der Waals surface area contributed by atoms with Crippen molar-refractivity contribution in [2.75, 3.05) is 13.2 Å². The van der Waals surface area contributed by atoms with Gasteiger partial charge in [-0.1, -0.05) is 48.0 Å². The van der Waals surface area contributed by atoms with Gasteiger partial charge in [0.2, 0.25) is 0 Å². The van der Waals surface area contributed by atoms with Crippen LogP contribution in [0.4, 0.5) is 0 Å². The van der Waals surface area contributed by atoms with Crippen molar-refractivity contribution in [3.05, 3.63) is 90.0 Å². The molecule has 0 saturated carbocycles. The second-order valence-electron chi connectivity index (χ2n) is 5.76. The molecule has 0 aromatic heterocycles. The first-order chi connectivity index (χ1) is 12.3.